The highest BCUT2D eigenvalue weighted by molar-refractivity contribution is 7.85. The van der Waals surface area contributed by atoms with Crippen LogP contribution < -0.4 is 16.0 Å². The summed E-state index contributed by atoms with van der Waals surface area (Å²) in [6.07, 6.45) is 5.82. The van der Waals surface area contributed by atoms with Crippen molar-refractivity contribution in [3.8, 4) is 0 Å². The van der Waals surface area contributed by atoms with Gasteiger partial charge in [-0.05, 0) is 29.7 Å². The van der Waals surface area contributed by atoms with Crippen molar-refractivity contribution < 1.29 is 4.57 Å². The largest absolute Gasteiger partial charge is 0.307 e. The number of hydrogen-bond acceptors (Lipinski definition) is 2. The summed E-state index contributed by atoms with van der Waals surface area (Å²) in [4.78, 5) is 4.58. The highest BCUT2D eigenvalue weighted by atomic mass is 31.2. The molecule has 0 saturated carbocycles. The summed E-state index contributed by atoms with van der Waals surface area (Å²) in [5.41, 5.74) is 3.62. The van der Waals surface area contributed by atoms with Crippen molar-refractivity contribution in [2.75, 3.05) is 0 Å². The number of aromatic nitrogens is 1. The minimum absolute atomic E-state index is 0.645. The predicted molar refractivity (Wildman–Crippen MR) is 124 cm³/mol. The molecule has 2 nitrogen and oxygen atoms in total. The molecule has 29 heavy (non-hydrogen) atoms. The summed E-state index contributed by atoms with van der Waals surface area (Å²) >= 11 is 0. The second-order valence-electron chi connectivity index (χ2n) is 6.89. The van der Waals surface area contributed by atoms with Crippen LogP contribution in [-0.4, -0.2) is 4.98 Å². The first-order chi connectivity index (χ1) is 14.2. The maximum Gasteiger partial charge on any atom is 0.189 e. The van der Waals surface area contributed by atoms with E-state index in [0.29, 0.717) is 5.44 Å². The van der Waals surface area contributed by atoms with E-state index in [2.05, 4.69) is 23.2 Å². The summed E-state index contributed by atoms with van der Waals surface area (Å²) in [6, 6.07) is 31.6. The zero-order valence-corrected chi connectivity index (χ0v) is 17.2. The monoisotopic (exact) mass is 395 g/mol. The molecule has 0 spiro atoms. The molecule has 0 fully saturated rings. The van der Waals surface area contributed by atoms with Crippen molar-refractivity contribution in [2.24, 2.45) is 0 Å². The Labute approximate surface area is 172 Å². The minimum atomic E-state index is -3.14. The Morgan fingerprint density at radius 3 is 2.10 bits per heavy atom. The summed E-state index contributed by atoms with van der Waals surface area (Å²) in [5.74, 6) is 0. The van der Waals surface area contributed by atoms with E-state index in [4.69, 9.17) is 0 Å². The van der Waals surface area contributed by atoms with E-state index in [9.17, 15) is 4.57 Å². The number of aryl methyl sites for hydroxylation is 1. The zero-order valence-electron chi connectivity index (χ0n) is 16.3. The lowest BCUT2D eigenvalue weighted by atomic mass is 10.1. The molecule has 142 valence electrons. The van der Waals surface area contributed by atoms with Crippen molar-refractivity contribution in [3.05, 3.63) is 120 Å². The fraction of sp³-hybridized carbons (Fsp3) is 0.0385. The van der Waals surface area contributed by atoms with Crippen molar-refractivity contribution >= 4 is 35.3 Å². The van der Waals surface area contributed by atoms with Crippen molar-refractivity contribution in [3.63, 3.8) is 0 Å². The van der Waals surface area contributed by atoms with Crippen LogP contribution in [0.4, 0.5) is 0 Å². The van der Waals surface area contributed by atoms with E-state index < -0.39 is 7.14 Å². The van der Waals surface area contributed by atoms with E-state index in [1.807, 2.05) is 97.9 Å². The smallest absolute Gasteiger partial charge is 0.189 e. The average molecular weight is 395 g/mol. The summed E-state index contributed by atoms with van der Waals surface area (Å²) < 4.78 is 14.8. The molecule has 0 bridgehead atoms. The molecular weight excluding hydrogens is 373 g/mol. The lowest BCUT2D eigenvalue weighted by molar-refractivity contribution is 0.592. The molecule has 1 heterocycles. The van der Waals surface area contributed by atoms with Gasteiger partial charge in [0.1, 0.15) is 5.44 Å². The topological polar surface area (TPSA) is 30.0 Å². The molecular formula is C26H22NOP. The van der Waals surface area contributed by atoms with Gasteiger partial charge >= 0.3 is 0 Å². The Hall–Kier alpha value is -3.22. The van der Waals surface area contributed by atoms with Gasteiger partial charge in [-0.1, -0.05) is 103 Å². The van der Waals surface area contributed by atoms with Crippen LogP contribution in [0.25, 0.3) is 12.2 Å². The third-order valence-corrected chi connectivity index (χ3v) is 8.11. The average Bonchev–Trinajstić information content (AvgIpc) is 2.79. The zero-order chi connectivity index (χ0) is 20.1. The Bertz CT molecular complexity index is 1180. The second-order valence-corrected chi connectivity index (χ2v) is 9.53. The molecule has 1 atom stereocenters. The van der Waals surface area contributed by atoms with Crippen LogP contribution in [0.3, 0.4) is 0 Å². The van der Waals surface area contributed by atoms with Crippen LogP contribution in [-0.2, 0) is 4.57 Å². The normalized spacial score (nSPS) is 13.3. The number of pyridine rings is 1. The number of nitrogens with zero attached hydrogens (tertiary/aromatic N) is 1. The van der Waals surface area contributed by atoms with Crippen molar-refractivity contribution in [1.82, 2.24) is 4.98 Å². The van der Waals surface area contributed by atoms with E-state index in [1.165, 1.54) is 0 Å². The lowest BCUT2D eigenvalue weighted by Gasteiger charge is -2.22. The summed E-state index contributed by atoms with van der Waals surface area (Å²) in [6.45, 7) is 1.97. The van der Waals surface area contributed by atoms with Crippen molar-refractivity contribution in [2.45, 2.75) is 6.92 Å². The molecule has 1 unspecified atom stereocenters. The van der Waals surface area contributed by atoms with E-state index in [0.717, 1.165) is 27.3 Å². The molecule has 0 N–H and O–H groups in total. The van der Waals surface area contributed by atoms with Gasteiger partial charge in [0.2, 0.25) is 0 Å². The maximum absolute atomic E-state index is 14.8. The van der Waals surface area contributed by atoms with Crippen LogP contribution in [0, 0.1) is 6.92 Å². The highest BCUT2D eigenvalue weighted by Gasteiger charge is 2.33. The highest BCUT2D eigenvalue weighted by Crippen LogP contribution is 2.43. The number of rotatable bonds is 5. The molecule has 0 radical (unpaired) electrons. The summed E-state index contributed by atoms with van der Waals surface area (Å²) in [7, 11) is -3.14. The van der Waals surface area contributed by atoms with Gasteiger partial charge in [0.25, 0.3) is 0 Å². The fourth-order valence-electron chi connectivity index (χ4n) is 3.49. The first-order valence-corrected chi connectivity index (χ1v) is 11.3. The summed E-state index contributed by atoms with van der Waals surface area (Å²) in [5, 5.41) is 1.60. The molecule has 1 aromatic heterocycles. The Morgan fingerprint density at radius 1 is 0.724 bits per heavy atom. The van der Waals surface area contributed by atoms with Gasteiger partial charge in [-0.15, -0.1) is 0 Å². The van der Waals surface area contributed by atoms with Crippen molar-refractivity contribution in [1.29, 1.82) is 0 Å². The molecule has 3 heteroatoms. The standard InChI is InChI=1S/C26H22NOP/c1-21-11-10-20-27-26(21)29(28,24-15-6-3-7-16-24)25-17-9-8-14-23(25)19-18-22-12-4-2-5-13-22/h2-20H,1H3/b19-18+. The Kier molecular flexibility index (Phi) is 5.55. The van der Waals surface area contributed by atoms with Gasteiger partial charge in [-0.25, -0.2) is 0 Å². The molecule has 0 aliphatic carbocycles. The predicted octanol–water partition coefficient (Wildman–Crippen LogP) is 5.20. The molecule has 3 aromatic carbocycles. The molecule has 0 aliphatic rings. The molecule has 0 aliphatic heterocycles. The molecule has 4 aromatic rings. The quantitative estimate of drug-likeness (QED) is 0.343. The third-order valence-electron chi connectivity index (χ3n) is 4.93. The third kappa shape index (κ3) is 3.85. The van der Waals surface area contributed by atoms with Gasteiger partial charge in [0, 0.05) is 16.8 Å². The van der Waals surface area contributed by atoms with Crippen LogP contribution in [0.1, 0.15) is 16.7 Å². The minimum Gasteiger partial charge on any atom is -0.307 e. The molecule has 4 rings (SSSR count). The van der Waals surface area contributed by atoms with E-state index in [-0.39, 0.29) is 0 Å². The van der Waals surface area contributed by atoms with Gasteiger partial charge in [-0.2, -0.15) is 0 Å². The van der Waals surface area contributed by atoms with Gasteiger partial charge in [-0.3, -0.25) is 4.98 Å². The van der Waals surface area contributed by atoms with Crippen LogP contribution in [0.5, 0.6) is 0 Å². The van der Waals surface area contributed by atoms with Crippen LogP contribution in [0.2, 0.25) is 0 Å². The van der Waals surface area contributed by atoms with E-state index in [1.54, 1.807) is 6.20 Å². The molecule has 0 amide bonds. The van der Waals surface area contributed by atoms with Crippen LogP contribution >= 0.6 is 7.14 Å². The second kappa shape index (κ2) is 8.43. The molecule has 0 saturated heterocycles. The van der Waals surface area contributed by atoms with Gasteiger partial charge < -0.3 is 4.57 Å². The first kappa shape index (κ1) is 19.1. The van der Waals surface area contributed by atoms with E-state index >= 15 is 0 Å². The fourth-order valence-corrected chi connectivity index (χ4v) is 6.44. The SMILES string of the molecule is Cc1cccnc1P(=O)(c1ccccc1)c1ccccc1/C=C/c1ccccc1. The maximum atomic E-state index is 14.8. The van der Waals surface area contributed by atoms with Crippen LogP contribution in [0.15, 0.2) is 103 Å². The lowest BCUT2D eigenvalue weighted by Crippen LogP contribution is -2.29. The van der Waals surface area contributed by atoms with Gasteiger partial charge in [0.15, 0.2) is 7.14 Å². The Morgan fingerprint density at radius 2 is 1.38 bits per heavy atom. The first-order valence-electron chi connectivity index (χ1n) is 9.60. The number of benzene rings is 3. The number of hydrogen-bond donors (Lipinski definition) is 0. The Balaban J connectivity index is 1.93. The van der Waals surface area contributed by atoms with Gasteiger partial charge in [0.05, 0.1) is 0 Å².